The Bertz CT molecular complexity index is 827. The van der Waals surface area contributed by atoms with Crippen LogP contribution in [0.15, 0.2) is 18.3 Å². The molecule has 2 N–H and O–H groups in total. The van der Waals surface area contributed by atoms with E-state index >= 15 is 0 Å². The average Bonchev–Trinajstić information content (AvgIpc) is 3.42. The van der Waals surface area contributed by atoms with Gasteiger partial charge in [0.15, 0.2) is 0 Å². The fourth-order valence-corrected chi connectivity index (χ4v) is 3.47. The molecule has 1 atom stereocenters. The molecule has 2 aromatic heterocycles. The Morgan fingerprint density at radius 1 is 1.43 bits per heavy atom. The number of nitrogens with zero attached hydrogens (tertiary/aromatic N) is 2. The van der Waals surface area contributed by atoms with E-state index in [0.29, 0.717) is 30.5 Å². The van der Waals surface area contributed by atoms with Crippen molar-refractivity contribution in [2.45, 2.75) is 25.3 Å². The number of morpholine rings is 1. The lowest BCUT2D eigenvalue weighted by atomic mass is 10.1. The van der Waals surface area contributed by atoms with Gasteiger partial charge in [-0.15, -0.1) is 0 Å². The highest BCUT2D eigenvalue weighted by Crippen LogP contribution is 2.33. The molecule has 1 unspecified atom stereocenters. The molecule has 3 heterocycles. The fourth-order valence-electron chi connectivity index (χ4n) is 3.47. The highest BCUT2D eigenvalue weighted by molar-refractivity contribution is 6.00. The summed E-state index contributed by atoms with van der Waals surface area (Å²) in [6, 6.07) is 3.11. The van der Waals surface area contributed by atoms with E-state index in [4.69, 9.17) is 9.47 Å². The van der Waals surface area contributed by atoms with Gasteiger partial charge in [0, 0.05) is 25.8 Å². The van der Waals surface area contributed by atoms with Gasteiger partial charge in [-0.25, -0.2) is 4.98 Å². The van der Waals surface area contributed by atoms with E-state index in [1.165, 1.54) is 0 Å². The normalized spacial score (nSPS) is 18.7. The largest absolute Gasteiger partial charge is 0.476 e. The molecule has 0 aromatic carbocycles. The lowest BCUT2D eigenvalue weighted by Crippen LogP contribution is -2.38. The molecule has 0 radical (unpaired) electrons. The zero-order valence-corrected chi connectivity index (χ0v) is 15.9. The van der Waals surface area contributed by atoms with Crippen molar-refractivity contribution in [1.82, 2.24) is 20.2 Å². The fraction of sp³-hybridized carbons (Fsp3) is 0.550. The van der Waals surface area contributed by atoms with Crippen molar-refractivity contribution >= 4 is 23.1 Å². The Morgan fingerprint density at radius 2 is 2.25 bits per heavy atom. The second kappa shape index (κ2) is 8.70. The quantitative estimate of drug-likeness (QED) is 0.632. The molecular weight excluding hydrogens is 360 g/mol. The van der Waals surface area contributed by atoms with E-state index in [0.717, 1.165) is 62.9 Å². The first kappa shape index (κ1) is 18.9. The van der Waals surface area contributed by atoms with Crippen LogP contribution in [0.5, 0.6) is 5.88 Å². The summed E-state index contributed by atoms with van der Waals surface area (Å²) in [6.07, 6.45) is 5.48. The van der Waals surface area contributed by atoms with Crippen LogP contribution in [-0.4, -0.2) is 72.6 Å². The first-order valence-corrected chi connectivity index (χ1v) is 9.89. The number of carbonyl (C=O) groups is 2. The zero-order valence-electron chi connectivity index (χ0n) is 15.9. The standard InChI is InChI=1S/C20H26N4O4/c25-13-15(11-14-1-2-14)22-19(26)18-12-16-17(23-18)3-4-21-20(16)28-10-7-24-5-8-27-9-6-24/h3-4,12-15,23H,1-2,5-11H2,(H,22,26). The zero-order chi connectivity index (χ0) is 19.3. The van der Waals surface area contributed by atoms with Gasteiger partial charge in [0.05, 0.1) is 30.2 Å². The third-order valence-corrected chi connectivity index (χ3v) is 5.27. The van der Waals surface area contributed by atoms with Gasteiger partial charge in [0.1, 0.15) is 18.6 Å². The topological polar surface area (TPSA) is 96.6 Å². The highest BCUT2D eigenvalue weighted by Gasteiger charge is 2.26. The molecule has 0 spiro atoms. The number of aromatic amines is 1. The summed E-state index contributed by atoms with van der Waals surface area (Å²) in [6.45, 7) is 4.66. The molecule has 2 aromatic rings. The molecule has 1 saturated heterocycles. The van der Waals surface area contributed by atoms with E-state index < -0.39 is 6.04 Å². The number of aldehydes is 1. The molecule has 2 aliphatic rings. The van der Waals surface area contributed by atoms with Crippen molar-refractivity contribution in [2.75, 3.05) is 39.5 Å². The summed E-state index contributed by atoms with van der Waals surface area (Å²) in [4.78, 5) is 33.5. The Hall–Kier alpha value is -2.45. The van der Waals surface area contributed by atoms with Gasteiger partial charge in [-0.05, 0) is 24.5 Å². The smallest absolute Gasteiger partial charge is 0.268 e. The molecule has 1 aliphatic carbocycles. The number of hydrogen-bond donors (Lipinski definition) is 2. The molecule has 0 bridgehead atoms. The number of carbonyl (C=O) groups excluding carboxylic acids is 2. The van der Waals surface area contributed by atoms with Crippen molar-refractivity contribution < 1.29 is 19.1 Å². The number of aromatic nitrogens is 2. The number of rotatable bonds is 9. The molecule has 8 heteroatoms. The minimum Gasteiger partial charge on any atom is -0.476 e. The molecule has 28 heavy (non-hydrogen) atoms. The van der Waals surface area contributed by atoms with Gasteiger partial charge in [0.2, 0.25) is 5.88 Å². The number of nitrogens with one attached hydrogen (secondary N) is 2. The summed E-state index contributed by atoms with van der Waals surface area (Å²) >= 11 is 0. The van der Waals surface area contributed by atoms with Gasteiger partial charge in [-0.2, -0.15) is 0 Å². The number of H-pyrrole nitrogens is 1. The first-order chi connectivity index (χ1) is 13.7. The number of pyridine rings is 1. The third-order valence-electron chi connectivity index (χ3n) is 5.27. The second-order valence-corrected chi connectivity index (χ2v) is 7.46. The maximum Gasteiger partial charge on any atom is 0.268 e. The van der Waals surface area contributed by atoms with E-state index in [1.807, 2.05) is 6.07 Å². The second-order valence-electron chi connectivity index (χ2n) is 7.46. The molecule has 2 fully saturated rings. The highest BCUT2D eigenvalue weighted by atomic mass is 16.5. The van der Waals surface area contributed by atoms with Crippen LogP contribution in [0.25, 0.3) is 10.9 Å². The summed E-state index contributed by atoms with van der Waals surface area (Å²) in [5.41, 5.74) is 1.19. The van der Waals surface area contributed by atoms with E-state index in [-0.39, 0.29) is 5.91 Å². The predicted octanol–water partition coefficient (Wildman–Crippen LogP) is 1.37. The van der Waals surface area contributed by atoms with Crippen LogP contribution in [0.3, 0.4) is 0 Å². The molecule has 1 saturated carbocycles. The van der Waals surface area contributed by atoms with Crippen LogP contribution in [0.1, 0.15) is 29.8 Å². The Morgan fingerprint density at radius 3 is 3.00 bits per heavy atom. The van der Waals surface area contributed by atoms with Crippen molar-refractivity contribution in [1.29, 1.82) is 0 Å². The minimum atomic E-state index is -0.436. The van der Waals surface area contributed by atoms with Crippen molar-refractivity contribution in [3.05, 3.63) is 24.0 Å². The Balaban J connectivity index is 1.39. The van der Waals surface area contributed by atoms with Crippen LogP contribution < -0.4 is 10.1 Å². The molecule has 1 aliphatic heterocycles. The van der Waals surface area contributed by atoms with Gasteiger partial charge in [-0.3, -0.25) is 9.69 Å². The maximum absolute atomic E-state index is 12.5. The molecule has 150 valence electrons. The number of amides is 1. The maximum atomic E-state index is 12.5. The summed E-state index contributed by atoms with van der Waals surface area (Å²) in [7, 11) is 0. The third kappa shape index (κ3) is 4.69. The van der Waals surface area contributed by atoms with Gasteiger partial charge in [-0.1, -0.05) is 12.8 Å². The first-order valence-electron chi connectivity index (χ1n) is 9.89. The van der Waals surface area contributed by atoms with Crippen LogP contribution >= 0.6 is 0 Å². The summed E-state index contributed by atoms with van der Waals surface area (Å²) < 4.78 is 11.2. The van der Waals surface area contributed by atoms with Crippen LogP contribution in [0.2, 0.25) is 0 Å². The van der Waals surface area contributed by atoms with Crippen molar-refractivity contribution in [3.8, 4) is 5.88 Å². The lowest BCUT2D eigenvalue weighted by Gasteiger charge is -2.26. The molecular formula is C20H26N4O4. The van der Waals surface area contributed by atoms with E-state index in [1.54, 1.807) is 12.3 Å². The number of hydrogen-bond acceptors (Lipinski definition) is 6. The van der Waals surface area contributed by atoms with E-state index in [9.17, 15) is 9.59 Å². The predicted molar refractivity (Wildman–Crippen MR) is 104 cm³/mol. The SMILES string of the molecule is O=CC(CC1CC1)NC(=O)c1cc2c(OCCN3CCOCC3)nccc2[nH]1. The lowest BCUT2D eigenvalue weighted by molar-refractivity contribution is -0.109. The Kier molecular flexibility index (Phi) is 5.87. The minimum absolute atomic E-state index is 0.284. The van der Waals surface area contributed by atoms with Crippen LogP contribution in [-0.2, 0) is 9.53 Å². The van der Waals surface area contributed by atoms with E-state index in [2.05, 4.69) is 20.2 Å². The van der Waals surface area contributed by atoms with Crippen molar-refractivity contribution in [3.63, 3.8) is 0 Å². The van der Waals surface area contributed by atoms with Gasteiger partial charge < -0.3 is 24.6 Å². The molecule has 8 nitrogen and oxygen atoms in total. The van der Waals surface area contributed by atoms with Crippen LogP contribution in [0, 0.1) is 5.92 Å². The monoisotopic (exact) mass is 386 g/mol. The van der Waals surface area contributed by atoms with Gasteiger partial charge >= 0.3 is 0 Å². The van der Waals surface area contributed by atoms with Gasteiger partial charge in [0.25, 0.3) is 5.91 Å². The van der Waals surface area contributed by atoms with Crippen molar-refractivity contribution in [2.24, 2.45) is 5.92 Å². The van der Waals surface area contributed by atoms with Crippen LogP contribution in [0.4, 0.5) is 0 Å². The Labute approximate surface area is 163 Å². The molecule has 1 amide bonds. The summed E-state index contributed by atoms with van der Waals surface area (Å²) in [5.74, 6) is 0.785. The average molecular weight is 386 g/mol. The molecule has 4 rings (SSSR count). The number of fused-ring (bicyclic) bond motifs is 1. The number of ether oxygens (including phenoxy) is 2. The summed E-state index contributed by atoms with van der Waals surface area (Å²) in [5, 5.41) is 3.57.